The summed E-state index contributed by atoms with van der Waals surface area (Å²) in [5, 5.41) is 17.4. The number of nitrogen functional groups attached to an aromatic ring is 1. The van der Waals surface area contributed by atoms with Gasteiger partial charge in [0, 0.05) is 22.6 Å². The number of nitrogens with one attached hydrogen (secondary N) is 1. The fourth-order valence-electron chi connectivity index (χ4n) is 3.25. The molecular formula is C17H18N6O5S4. The Labute approximate surface area is 199 Å². The second-order valence-electron chi connectivity index (χ2n) is 6.60. The number of carboxylic acids is 1. The number of hydrogen-bond acceptors (Lipinski definition) is 12. The van der Waals surface area contributed by atoms with E-state index in [-0.39, 0.29) is 22.2 Å². The molecule has 0 aliphatic carbocycles. The maximum atomic E-state index is 12.8. The zero-order valence-corrected chi connectivity index (χ0v) is 19.9. The minimum Gasteiger partial charge on any atom is -0.477 e. The standard InChI is InChI=1S/C17H18N6O5S4/c1-28-22-9(8-6-31-16(18)20-8)12(24)21-10-13(25)23-11(15(26)27)7(4-30-14(10)23)5-32-17-19-2-3-29-17/h6,10,14H,2-5H2,1H3,(H2,18,20)(H,21,24)(H,26,27)/t10-,14+/m1/s1. The Kier molecular flexibility index (Phi) is 6.97. The summed E-state index contributed by atoms with van der Waals surface area (Å²) in [5.41, 5.74) is 6.38. The minimum absolute atomic E-state index is 0.0154. The predicted octanol–water partition coefficient (Wildman–Crippen LogP) is 0.650. The molecule has 1 aromatic heterocycles. The van der Waals surface area contributed by atoms with E-state index < -0.39 is 29.2 Å². The normalized spacial score (nSPS) is 22.9. The zero-order valence-electron chi connectivity index (χ0n) is 16.6. The first-order valence-corrected chi connectivity index (χ1v) is 13.1. The third kappa shape index (κ3) is 4.46. The molecule has 170 valence electrons. The van der Waals surface area contributed by atoms with Crippen LogP contribution in [0.1, 0.15) is 5.69 Å². The third-order valence-corrected chi connectivity index (χ3v) is 8.98. The van der Waals surface area contributed by atoms with Gasteiger partial charge in [0.05, 0.1) is 6.54 Å². The van der Waals surface area contributed by atoms with Crippen molar-refractivity contribution in [3.63, 3.8) is 0 Å². The molecule has 0 bridgehead atoms. The highest BCUT2D eigenvalue weighted by Gasteiger charge is 2.54. The molecule has 4 N–H and O–H groups in total. The summed E-state index contributed by atoms with van der Waals surface area (Å²) in [7, 11) is 1.29. The molecule has 15 heteroatoms. The Morgan fingerprint density at radius 2 is 2.31 bits per heavy atom. The van der Waals surface area contributed by atoms with Crippen molar-refractivity contribution in [2.24, 2.45) is 10.1 Å². The van der Waals surface area contributed by atoms with E-state index in [4.69, 9.17) is 10.6 Å². The number of rotatable bonds is 7. The molecule has 1 aromatic rings. The lowest BCUT2D eigenvalue weighted by Crippen LogP contribution is -2.71. The van der Waals surface area contributed by atoms with Gasteiger partial charge in [0.2, 0.25) is 0 Å². The van der Waals surface area contributed by atoms with Crippen LogP contribution in [0, 0.1) is 0 Å². The highest BCUT2D eigenvalue weighted by molar-refractivity contribution is 8.39. The van der Waals surface area contributed by atoms with Crippen LogP contribution < -0.4 is 11.1 Å². The Hall–Kier alpha value is -2.23. The molecule has 0 radical (unpaired) electrons. The summed E-state index contributed by atoms with van der Waals surface area (Å²) >= 11 is 5.68. The first-order valence-electron chi connectivity index (χ1n) is 9.24. The Balaban J connectivity index is 1.48. The number of aliphatic imine (C=N–C) groups is 1. The molecule has 3 aliphatic heterocycles. The molecule has 4 rings (SSSR count). The number of thiazole rings is 1. The van der Waals surface area contributed by atoms with Gasteiger partial charge in [0.25, 0.3) is 11.8 Å². The summed E-state index contributed by atoms with van der Waals surface area (Å²) in [6, 6.07) is -0.885. The number of thioether (sulfide) groups is 3. The van der Waals surface area contributed by atoms with Gasteiger partial charge in [-0.2, -0.15) is 0 Å². The summed E-state index contributed by atoms with van der Waals surface area (Å²) in [5.74, 6) is -0.493. The molecule has 32 heavy (non-hydrogen) atoms. The molecule has 1 saturated heterocycles. The quantitative estimate of drug-likeness (QED) is 0.268. The lowest BCUT2D eigenvalue weighted by atomic mass is 10.0. The van der Waals surface area contributed by atoms with E-state index >= 15 is 0 Å². The SMILES string of the molecule is CON=C(C(=O)N[C@@H]1C(=O)N2C(C(=O)O)=C(CSC3=NCCS3)CS[C@@H]12)c1csc(N)n1. The van der Waals surface area contributed by atoms with Crippen LogP contribution in [0.25, 0.3) is 0 Å². The molecular weight excluding hydrogens is 496 g/mol. The Bertz CT molecular complexity index is 1050. The maximum Gasteiger partial charge on any atom is 0.352 e. The fourth-order valence-corrected chi connectivity index (χ4v) is 7.29. The number of β-lactam (4-membered cyclic amide) rings is 1. The van der Waals surface area contributed by atoms with Crippen LogP contribution in [0.2, 0.25) is 0 Å². The highest BCUT2D eigenvalue weighted by atomic mass is 32.2. The summed E-state index contributed by atoms with van der Waals surface area (Å²) in [4.78, 5) is 51.9. The van der Waals surface area contributed by atoms with Gasteiger partial charge in [-0.1, -0.05) is 28.7 Å². The summed E-state index contributed by atoms with van der Waals surface area (Å²) in [6.45, 7) is 0.766. The molecule has 1 fully saturated rings. The number of hydrogen-bond donors (Lipinski definition) is 3. The van der Waals surface area contributed by atoms with Crippen molar-refractivity contribution in [2.45, 2.75) is 11.4 Å². The molecule has 3 aliphatic rings. The van der Waals surface area contributed by atoms with Crippen molar-refractivity contribution in [3.05, 3.63) is 22.3 Å². The van der Waals surface area contributed by atoms with E-state index in [1.165, 1.54) is 35.5 Å². The monoisotopic (exact) mass is 514 g/mol. The number of anilines is 1. The second-order valence-corrected chi connectivity index (χ2v) is 10.9. The van der Waals surface area contributed by atoms with Gasteiger partial charge in [-0.3, -0.25) is 19.5 Å². The van der Waals surface area contributed by atoms with Crippen LogP contribution in [0.15, 0.2) is 26.8 Å². The Morgan fingerprint density at radius 3 is 2.94 bits per heavy atom. The lowest BCUT2D eigenvalue weighted by Gasteiger charge is -2.49. The number of carbonyl (C=O) groups excluding carboxylic acids is 2. The predicted molar refractivity (Wildman–Crippen MR) is 127 cm³/mol. The number of carboxylic acid groups (broad SMARTS) is 1. The fraction of sp³-hybridized carbons (Fsp3) is 0.412. The van der Waals surface area contributed by atoms with Crippen molar-refractivity contribution in [1.29, 1.82) is 0 Å². The summed E-state index contributed by atoms with van der Waals surface area (Å²) in [6.07, 6.45) is 0. The van der Waals surface area contributed by atoms with E-state index in [0.717, 1.165) is 28.0 Å². The van der Waals surface area contributed by atoms with Crippen LogP contribution in [0.4, 0.5) is 5.13 Å². The van der Waals surface area contributed by atoms with Gasteiger partial charge in [-0.25, -0.2) is 9.78 Å². The van der Waals surface area contributed by atoms with Crippen LogP contribution in [-0.2, 0) is 19.2 Å². The summed E-state index contributed by atoms with van der Waals surface area (Å²) < 4.78 is 0.932. The number of aliphatic carboxylic acids is 1. The van der Waals surface area contributed by atoms with Crippen molar-refractivity contribution in [2.75, 3.05) is 36.6 Å². The molecule has 4 heterocycles. The van der Waals surface area contributed by atoms with Gasteiger partial charge in [-0.15, -0.1) is 23.1 Å². The lowest BCUT2D eigenvalue weighted by molar-refractivity contribution is -0.150. The highest BCUT2D eigenvalue weighted by Crippen LogP contribution is 2.41. The number of nitrogens with zero attached hydrogens (tertiary/aromatic N) is 4. The number of aromatic nitrogens is 1. The molecule has 2 amide bonds. The van der Waals surface area contributed by atoms with E-state index in [2.05, 4.69) is 20.4 Å². The van der Waals surface area contributed by atoms with Gasteiger partial charge >= 0.3 is 5.97 Å². The van der Waals surface area contributed by atoms with Gasteiger partial charge in [-0.05, 0) is 5.57 Å². The number of amides is 2. The molecule has 0 saturated carbocycles. The van der Waals surface area contributed by atoms with E-state index in [9.17, 15) is 19.5 Å². The third-order valence-electron chi connectivity index (χ3n) is 4.63. The number of carbonyl (C=O) groups is 3. The van der Waals surface area contributed by atoms with Gasteiger partial charge in [0.1, 0.15) is 34.3 Å². The second kappa shape index (κ2) is 9.72. The number of nitrogens with two attached hydrogens (primary N) is 1. The van der Waals surface area contributed by atoms with E-state index in [0.29, 0.717) is 17.1 Å². The minimum atomic E-state index is -1.16. The van der Waals surface area contributed by atoms with Crippen molar-refractivity contribution in [1.82, 2.24) is 15.2 Å². The smallest absolute Gasteiger partial charge is 0.352 e. The van der Waals surface area contributed by atoms with Crippen molar-refractivity contribution < 1.29 is 24.3 Å². The van der Waals surface area contributed by atoms with Crippen LogP contribution in [0.3, 0.4) is 0 Å². The van der Waals surface area contributed by atoms with Crippen LogP contribution >= 0.6 is 46.6 Å². The maximum absolute atomic E-state index is 12.8. The van der Waals surface area contributed by atoms with Crippen molar-refractivity contribution in [3.8, 4) is 0 Å². The largest absolute Gasteiger partial charge is 0.477 e. The van der Waals surface area contributed by atoms with E-state index in [1.807, 2.05) is 0 Å². The number of fused-ring (bicyclic) bond motifs is 1. The van der Waals surface area contributed by atoms with Crippen molar-refractivity contribution >= 4 is 79.6 Å². The Morgan fingerprint density at radius 1 is 1.50 bits per heavy atom. The molecule has 2 atom stereocenters. The zero-order chi connectivity index (χ0) is 22.8. The first kappa shape index (κ1) is 22.9. The molecule has 0 unspecified atom stereocenters. The first-order chi connectivity index (χ1) is 15.4. The van der Waals surface area contributed by atoms with Crippen LogP contribution in [-0.4, -0.2) is 85.2 Å². The average molecular weight is 515 g/mol. The number of oxime groups is 1. The molecule has 0 spiro atoms. The van der Waals surface area contributed by atoms with Gasteiger partial charge < -0.3 is 21.0 Å². The van der Waals surface area contributed by atoms with Crippen LogP contribution in [0.5, 0.6) is 0 Å². The molecule has 11 nitrogen and oxygen atoms in total. The average Bonchev–Trinajstić information content (AvgIpc) is 3.45. The molecule has 0 aromatic carbocycles. The topological polar surface area (TPSA) is 160 Å². The van der Waals surface area contributed by atoms with E-state index in [1.54, 1.807) is 17.1 Å². The van der Waals surface area contributed by atoms with Gasteiger partial charge in [0.15, 0.2) is 10.8 Å².